The molecule has 0 N–H and O–H groups in total. The van der Waals surface area contributed by atoms with Crippen LogP contribution in [0.2, 0.25) is 0 Å². The van der Waals surface area contributed by atoms with Crippen molar-refractivity contribution in [3.05, 3.63) is 0 Å². The van der Waals surface area contributed by atoms with Gasteiger partial charge in [-0.3, -0.25) is 4.79 Å². The predicted octanol–water partition coefficient (Wildman–Crippen LogP) is 1.19. The Kier molecular flexibility index (Phi) is 2.03. The van der Waals surface area contributed by atoms with Crippen LogP contribution in [0.15, 0.2) is 25.4 Å². The van der Waals surface area contributed by atoms with Gasteiger partial charge in [0.2, 0.25) is 11.5 Å². The molecule has 6 heteroatoms. The molecule has 2 rings (SSSR count). The summed E-state index contributed by atoms with van der Waals surface area (Å²) in [6, 6.07) is 0. The molecule has 0 fully saturated rings. The van der Waals surface area contributed by atoms with Crippen LogP contribution >= 0.6 is 0 Å². The number of aliphatic imine (C=N–C) groups is 2. The van der Waals surface area contributed by atoms with E-state index in [1.165, 1.54) is 0 Å². The fraction of sp³-hybridized carbons (Fsp3) is 0.500. The van der Waals surface area contributed by atoms with Crippen molar-refractivity contribution in [1.29, 1.82) is 0 Å². The number of amides is 1. The predicted molar refractivity (Wildman–Crippen MR) is 51.6 cm³/mol. The minimum atomic E-state index is -0.393. The van der Waals surface area contributed by atoms with Crippen molar-refractivity contribution in [2.24, 2.45) is 31.3 Å². The van der Waals surface area contributed by atoms with Gasteiger partial charge >= 0.3 is 5.91 Å². The van der Waals surface area contributed by atoms with Crippen molar-refractivity contribution in [2.75, 3.05) is 0 Å². The van der Waals surface area contributed by atoms with Crippen LogP contribution in [0.4, 0.5) is 0 Å². The summed E-state index contributed by atoms with van der Waals surface area (Å²) in [4.78, 5) is 19.2. The zero-order valence-electron chi connectivity index (χ0n) is 7.93. The molecule has 1 amide bonds. The lowest BCUT2D eigenvalue weighted by Gasteiger charge is -2.07. The van der Waals surface area contributed by atoms with Crippen molar-refractivity contribution < 1.29 is 4.79 Å². The normalized spacial score (nSPS) is 19.4. The number of amidine groups is 2. The molecule has 0 atom stereocenters. The lowest BCUT2D eigenvalue weighted by Crippen LogP contribution is -2.25. The summed E-state index contributed by atoms with van der Waals surface area (Å²) in [6.45, 7) is 4.07. The van der Waals surface area contributed by atoms with E-state index in [2.05, 4.69) is 25.4 Å². The first-order valence-electron chi connectivity index (χ1n) is 4.36. The molecule has 2 heterocycles. The first-order chi connectivity index (χ1) is 6.66. The van der Waals surface area contributed by atoms with Crippen molar-refractivity contribution in [3.8, 4) is 0 Å². The maximum atomic E-state index is 11.3. The number of hydrogen-bond acceptors (Lipinski definition) is 5. The molecule has 0 unspecified atom stereocenters. The average molecular weight is 191 g/mol. The second-order valence-electron chi connectivity index (χ2n) is 3.50. The van der Waals surface area contributed by atoms with Gasteiger partial charge in [-0.2, -0.15) is 4.99 Å². The molecular weight excluding hydrogens is 182 g/mol. The molecule has 0 spiro atoms. The van der Waals surface area contributed by atoms with Gasteiger partial charge < -0.3 is 0 Å². The van der Waals surface area contributed by atoms with Gasteiger partial charge in [-0.05, 0) is 11.1 Å². The maximum Gasteiger partial charge on any atom is 0.303 e. The lowest BCUT2D eigenvalue weighted by molar-refractivity contribution is -0.111. The Balaban J connectivity index is 2.27. The fourth-order valence-electron chi connectivity index (χ4n) is 1.19. The smallest absolute Gasteiger partial charge is 0.265 e. The second kappa shape index (κ2) is 3.21. The minimum Gasteiger partial charge on any atom is -0.265 e. The van der Waals surface area contributed by atoms with Crippen LogP contribution in [0.5, 0.6) is 0 Å². The number of carbonyl (C=O) groups excluding carboxylic acids is 1. The van der Waals surface area contributed by atoms with Crippen molar-refractivity contribution in [1.82, 2.24) is 0 Å². The number of nitrogens with zero attached hydrogens (tertiary/aromatic N) is 5. The molecule has 72 valence electrons. The van der Waals surface area contributed by atoms with Crippen LogP contribution in [0.3, 0.4) is 0 Å². The van der Waals surface area contributed by atoms with E-state index in [0.717, 1.165) is 0 Å². The molecule has 0 aromatic heterocycles. The van der Waals surface area contributed by atoms with Crippen molar-refractivity contribution in [3.63, 3.8) is 0 Å². The monoisotopic (exact) mass is 191 g/mol. The third-order valence-electron chi connectivity index (χ3n) is 1.75. The summed E-state index contributed by atoms with van der Waals surface area (Å²) < 4.78 is 0. The van der Waals surface area contributed by atoms with E-state index in [-0.39, 0.29) is 5.71 Å². The molecule has 14 heavy (non-hydrogen) atoms. The summed E-state index contributed by atoms with van der Waals surface area (Å²) in [5, 5.41) is 10.6. The third kappa shape index (κ3) is 1.50. The van der Waals surface area contributed by atoms with Crippen LogP contribution in [-0.2, 0) is 4.79 Å². The van der Waals surface area contributed by atoms with Gasteiger partial charge in [0.1, 0.15) is 5.84 Å². The number of rotatable bonds is 2. The highest BCUT2D eigenvalue weighted by molar-refractivity contribution is 6.69. The SMILES string of the molecule is CC(C)CC1=NC(=O)C2=NN=NC2=N1. The Hall–Kier alpha value is -1.72. The highest BCUT2D eigenvalue weighted by Gasteiger charge is 2.27. The lowest BCUT2D eigenvalue weighted by atomic mass is 10.1. The van der Waals surface area contributed by atoms with Gasteiger partial charge in [0.15, 0.2) is 0 Å². The molecule has 0 saturated heterocycles. The van der Waals surface area contributed by atoms with E-state index in [9.17, 15) is 4.79 Å². The van der Waals surface area contributed by atoms with E-state index in [1.54, 1.807) is 0 Å². The van der Waals surface area contributed by atoms with Gasteiger partial charge in [-0.1, -0.05) is 13.8 Å². The number of carbonyl (C=O) groups is 1. The van der Waals surface area contributed by atoms with E-state index < -0.39 is 5.91 Å². The first-order valence-corrected chi connectivity index (χ1v) is 4.36. The second-order valence-corrected chi connectivity index (χ2v) is 3.50. The zero-order chi connectivity index (χ0) is 10.1. The minimum absolute atomic E-state index is 0.150. The molecule has 0 radical (unpaired) electrons. The van der Waals surface area contributed by atoms with Crippen molar-refractivity contribution >= 4 is 23.3 Å². The van der Waals surface area contributed by atoms with Gasteiger partial charge in [0.25, 0.3) is 0 Å². The van der Waals surface area contributed by atoms with E-state index in [1.807, 2.05) is 13.8 Å². The first kappa shape index (κ1) is 8.86. The molecule has 0 aliphatic carbocycles. The number of hydrogen-bond donors (Lipinski definition) is 0. The Morgan fingerprint density at radius 2 is 2.07 bits per heavy atom. The summed E-state index contributed by atoms with van der Waals surface area (Å²) in [5.74, 6) is 0.818. The van der Waals surface area contributed by atoms with Crippen LogP contribution in [0.1, 0.15) is 20.3 Å². The topological polar surface area (TPSA) is 78.9 Å². The summed E-state index contributed by atoms with van der Waals surface area (Å²) in [6.07, 6.45) is 0.665. The molecule has 2 aliphatic heterocycles. The quantitative estimate of drug-likeness (QED) is 0.645. The molecular formula is C8H9N5O. The van der Waals surface area contributed by atoms with Gasteiger partial charge in [0, 0.05) is 6.42 Å². The molecule has 0 aromatic rings. The zero-order valence-corrected chi connectivity index (χ0v) is 7.93. The van der Waals surface area contributed by atoms with Crippen LogP contribution in [-0.4, -0.2) is 23.3 Å². The summed E-state index contributed by atoms with van der Waals surface area (Å²) >= 11 is 0. The van der Waals surface area contributed by atoms with Crippen LogP contribution in [0.25, 0.3) is 0 Å². The van der Waals surface area contributed by atoms with Gasteiger partial charge in [-0.15, -0.1) is 10.2 Å². The Morgan fingerprint density at radius 1 is 1.29 bits per heavy atom. The fourth-order valence-corrected chi connectivity index (χ4v) is 1.19. The van der Waals surface area contributed by atoms with Gasteiger partial charge in [-0.25, -0.2) is 4.99 Å². The Labute approximate surface area is 80.5 Å². The Morgan fingerprint density at radius 3 is 2.79 bits per heavy atom. The van der Waals surface area contributed by atoms with Crippen LogP contribution < -0.4 is 0 Å². The third-order valence-corrected chi connectivity index (χ3v) is 1.75. The highest BCUT2D eigenvalue weighted by Crippen LogP contribution is 2.11. The summed E-state index contributed by atoms with van der Waals surface area (Å²) in [7, 11) is 0. The molecule has 0 bridgehead atoms. The average Bonchev–Trinajstić information content (AvgIpc) is 2.50. The highest BCUT2D eigenvalue weighted by atomic mass is 16.1. The van der Waals surface area contributed by atoms with Crippen LogP contribution in [0, 0.1) is 5.92 Å². The van der Waals surface area contributed by atoms with E-state index >= 15 is 0 Å². The number of fused-ring (bicyclic) bond motifs is 1. The molecule has 0 saturated carbocycles. The molecule has 0 aromatic carbocycles. The standard InChI is InChI=1S/C8H9N5O/c1-4(2)3-5-9-7-6(8(14)10-5)11-13-12-7/h4H,3H2,1-2H3. The van der Waals surface area contributed by atoms with E-state index in [4.69, 9.17) is 0 Å². The summed E-state index contributed by atoms with van der Waals surface area (Å²) in [5.41, 5.74) is 0.150. The Bertz CT molecular complexity index is 402. The van der Waals surface area contributed by atoms with Gasteiger partial charge in [0.05, 0.1) is 0 Å². The van der Waals surface area contributed by atoms with Crippen molar-refractivity contribution in [2.45, 2.75) is 20.3 Å². The largest absolute Gasteiger partial charge is 0.303 e. The molecule has 2 aliphatic rings. The molecule has 6 nitrogen and oxygen atoms in total. The maximum absolute atomic E-state index is 11.3. The van der Waals surface area contributed by atoms with E-state index in [0.29, 0.717) is 24.0 Å².